The van der Waals surface area contributed by atoms with Gasteiger partial charge in [-0.25, -0.2) is 0 Å². The molecule has 1 unspecified atom stereocenters. The summed E-state index contributed by atoms with van der Waals surface area (Å²) in [5, 5.41) is 0. The van der Waals surface area contributed by atoms with Gasteiger partial charge in [0.15, 0.2) is 0 Å². The Morgan fingerprint density at radius 3 is 1.47 bits per heavy atom. The van der Waals surface area contributed by atoms with E-state index in [0.717, 1.165) is 5.56 Å². The van der Waals surface area contributed by atoms with Gasteiger partial charge in [0.05, 0.1) is 0 Å². The molecule has 0 aliphatic carbocycles. The molecule has 0 amide bonds. The molecule has 0 spiro atoms. The van der Waals surface area contributed by atoms with Crippen LogP contribution >= 0.6 is 0 Å². The summed E-state index contributed by atoms with van der Waals surface area (Å²) < 4.78 is 0. The Bertz CT molecular complexity index is 226. The summed E-state index contributed by atoms with van der Waals surface area (Å²) >= 11 is 0. The molecule has 19 heavy (non-hydrogen) atoms. The van der Waals surface area contributed by atoms with Crippen LogP contribution in [0.1, 0.15) is 87.3 Å². The first kappa shape index (κ1) is 36.5. The second-order valence-electron chi connectivity index (χ2n) is 3.76. The predicted molar refractivity (Wildman–Crippen MR) is 92.5 cm³/mol. The third-order valence-electron chi connectivity index (χ3n) is 2.16. The van der Waals surface area contributed by atoms with Crippen molar-refractivity contribution >= 4 is 0 Å². The molecule has 0 aliphatic rings. The fraction of sp³-hybridized carbons (Fsp3) is 0.611. The van der Waals surface area contributed by atoms with Gasteiger partial charge in [-0.1, -0.05) is 69.4 Å². The predicted octanol–water partition coefficient (Wildman–Crippen LogP) is 7.34. The van der Waals surface area contributed by atoms with Crippen LogP contribution in [0, 0.1) is 6.92 Å². The van der Waals surface area contributed by atoms with E-state index in [4.69, 9.17) is 0 Å². The Balaban J connectivity index is -0.0000000487. The van der Waals surface area contributed by atoms with Crippen LogP contribution in [0.25, 0.3) is 0 Å². The van der Waals surface area contributed by atoms with Crippen molar-refractivity contribution < 1.29 is 32.7 Å². The largest absolute Gasteiger partial charge is 0.199 e. The molecular formula is C18H39Y-. The summed E-state index contributed by atoms with van der Waals surface area (Å²) in [6.07, 6.45) is 2.45. The maximum absolute atomic E-state index is 3.85. The first-order valence-electron chi connectivity index (χ1n) is 5.57. The minimum Gasteiger partial charge on any atom is -0.199 e. The van der Waals surface area contributed by atoms with Crippen LogP contribution in [0.3, 0.4) is 0 Å². The monoisotopic (exact) mass is 344 g/mol. The zero-order chi connectivity index (χ0) is 11.0. The maximum Gasteiger partial charge on any atom is 0 e. The summed E-state index contributed by atoms with van der Waals surface area (Å²) in [5.74, 6) is 0.676. The smallest absolute Gasteiger partial charge is 0 e. The van der Waals surface area contributed by atoms with Gasteiger partial charge in [0, 0.05) is 32.7 Å². The van der Waals surface area contributed by atoms with Crippen molar-refractivity contribution in [2.45, 2.75) is 76.2 Å². The van der Waals surface area contributed by atoms with Crippen molar-refractivity contribution in [2.24, 2.45) is 0 Å². The molecule has 1 rings (SSSR count). The van der Waals surface area contributed by atoms with E-state index in [1.807, 2.05) is 0 Å². The normalized spacial score (nSPS) is 8.42. The van der Waals surface area contributed by atoms with Crippen LogP contribution in [0.5, 0.6) is 0 Å². The number of hydrogen-bond acceptors (Lipinski definition) is 0. The Labute approximate surface area is 150 Å². The molecule has 1 heteroatoms. The van der Waals surface area contributed by atoms with Gasteiger partial charge < -0.3 is 0 Å². The van der Waals surface area contributed by atoms with E-state index in [1.165, 1.54) is 18.4 Å². The summed E-state index contributed by atoms with van der Waals surface area (Å²) in [4.78, 5) is 0. The van der Waals surface area contributed by atoms with E-state index in [2.05, 4.69) is 58.9 Å². The SMILES string of the molecule is C.C.C.C.CCC.[CH2-]c1ccc(C(C)CC)cc1.[Y]. The summed E-state index contributed by atoms with van der Waals surface area (Å²) in [5.41, 5.74) is 2.51. The molecular weight excluding hydrogens is 305 g/mol. The Hall–Kier alpha value is 0.194. The molecule has 1 atom stereocenters. The zero-order valence-corrected chi connectivity index (χ0v) is 13.4. The van der Waals surface area contributed by atoms with Gasteiger partial charge in [0.25, 0.3) is 0 Å². The van der Waals surface area contributed by atoms with E-state index < -0.39 is 0 Å². The van der Waals surface area contributed by atoms with Crippen LogP contribution in [0.4, 0.5) is 0 Å². The van der Waals surface area contributed by atoms with Crippen LogP contribution in [-0.4, -0.2) is 0 Å². The quantitative estimate of drug-likeness (QED) is 0.492. The Morgan fingerprint density at radius 2 is 1.21 bits per heavy atom. The second kappa shape index (κ2) is 23.3. The first-order chi connectivity index (χ1) is 6.65. The van der Waals surface area contributed by atoms with E-state index in [-0.39, 0.29) is 62.4 Å². The third-order valence-corrected chi connectivity index (χ3v) is 2.16. The number of hydrogen-bond donors (Lipinski definition) is 0. The fourth-order valence-electron chi connectivity index (χ4n) is 1.08. The van der Waals surface area contributed by atoms with Gasteiger partial charge in [0.1, 0.15) is 0 Å². The summed E-state index contributed by atoms with van der Waals surface area (Å²) in [6, 6.07) is 8.47. The molecule has 0 fully saturated rings. The van der Waals surface area contributed by atoms with Gasteiger partial charge in [0.2, 0.25) is 0 Å². The van der Waals surface area contributed by atoms with Crippen molar-refractivity contribution in [2.75, 3.05) is 0 Å². The van der Waals surface area contributed by atoms with Crippen molar-refractivity contribution in [3.8, 4) is 0 Å². The van der Waals surface area contributed by atoms with Gasteiger partial charge in [-0.3, -0.25) is 0 Å². The average Bonchev–Trinajstić information content (AvgIpc) is 2.19. The van der Waals surface area contributed by atoms with Gasteiger partial charge >= 0.3 is 0 Å². The summed E-state index contributed by atoms with van der Waals surface area (Å²) in [7, 11) is 0. The van der Waals surface area contributed by atoms with Gasteiger partial charge in [-0.2, -0.15) is 24.6 Å². The minimum atomic E-state index is 0. The third kappa shape index (κ3) is 18.2. The Morgan fingerprint density at radius 1 is 0.895 bits per heavy atom. The van der Waals surface area contributed by atoms with E-state index in [1.54, 1.807) is 0 Å². The zero-order valence-electron chi connectivity index (χ0n) is 10.6. The molecule has 115 valence electrons. The van der Waals surface area contributed by atoms with Gasteiger partial charge in [-0.05, 0) is 12.3 Å². The number of benzene rings is 1. The molecule has 1 radical (unpaired) electrons. The molecule has 0 N–H and O–H groups in total. The topological polar surface area (TPSA) is 0 Å². The molecule has 0 bridgehead atoms. The van der Waals surface area contributed by atoms with E-state index in [9.17, 15) is 0 Å². The van der Waals surface area contributed by atoms with Crippen LogP contribution in [-0.2, 0) is 32.7 Å². The molecule has 1 aromatic rings. The standard InChI is InChI=1S/C11H15.C3H8.4CH4.Y/c1-4-10(3)11-7-5-9(2)6-8-11;1-3-2;;;;;/h5-8,10H,2,4H2,1,3H3;3H2,1-2H3;4*1H4;/q-1;;;;;;. The average molecular weight is 344 g/mol. The Kier molecular flexibility index (Phi) is 44.8. The molecule has 0 aromatic heterocycles. The van der Waals surface area contributed by atoms with E-state index >= 15 is 0 Å². The molecule has 0 saturated carbocycles. The summed E-state index contributed by atoms with van der Waals surface area (Å²) in [6.45, 7) is 12.6. The minimum absolute atomic E-state index is 0. The van der Waals surface area contributed by atoms with Crippen LogP contribution in [0.15, 0.2) is 24.3 Å². The van der Waals surface area contributed by atoms with Crippen molar-refractivity contribution in [3.63, 3.8) is 0 Å². The molecule has 0 nitrogen and oxygen atoms in total. The van der Waals surface area contributed by atoms with Crippen molar-refractivity contribution in [1.82, 2.24) is 0 Å². The molecule has 0 aliphatic heterocycles. The molecule has 0 saturated heterocycles. The van der Waals surface area contributed by atoms with E-state index in [0.29, 0.717) is 5.92 Å². The fourth-order valence-corrected chi connectivity index (χ4v) is 1.08. The van der Waals surface area contributed by atoms with Crippen LogP contribution in [0.2, 0.25) is 0 Å². The van der Waals surface area contributed by atoms with Gasteiger partial charge in [-0.15, -0.1) is 12.1 Å². The number of rotatable bonds is 2. The maximum atomic E-state index is 3.85. The molecule has 0 heterocycles. The second-order valence-corrected chi connectivity index (χ2v) is 3.76. The van der Waals surface area contributed by atoms with Crippen molar-refractivity contribution in [3.05, 3.63) is 42.3 Å². The molecule has 1 aromatic carbocycles. The van der Waals surface area contributed by atoms with Crippen LogP contribution < -0.4 is 0 Å². The van der Waals surface area contributed by atoms with Crippen molar-refractivity contribution in [1.29, 1.82) is 0 Å². The first-order valence-corrected chi connectivity index (χ1v) is 5.57.